The van der Waals surface area contributed by atoms with Gasteiger partial charge in [0.05, 0.1) is 16.5 Å². The van der Waals surface area contributed by atoms with Crippen LogP contribution in [0, 0.1) is 0 Å². The van der Waals surface area contributed by atoms with E-state index >= 15 is 0 Å². The number of fused-ring (bicyclic) bond motifs is 2. The average molecular weight is 549 g/mol. The molecule has 1 spiro atoms. The van der Waals surface area contributed by atoms with Gasteiger partial charge in [-0.05, 0) is 100 Å². The fourth-order valence-electron chi connectivity index (χ4n) is 6.38. The minimum atomic E-state index is -4.43. The van der Waals surface area contributed by atoms with Crippen LogP contribution in [0.2, 0.25) is 0 Å². The fourth-order valence-corrected chi connectivity index (χ4v) is 6.38. The number of nitrogens with zero attached hydrogens (tertiary/aromatic N) is 2. The minimum Gasteiger partial charge on any atom is -0.463 e. The highest BCUT2D eigenvalue weighted by molar-refractivity contribution is 6.04. The second-order valence-corrected chi connectivity index (χ2v) is 11.6. The lowest BCUT2D eigenvalue weighted by molar-refractivity contribution is -0.137. The quantitative estimate of drug-likeness (QED) is 0.301. The Kier molecular flexibility index (Phi) is 6.65. The Labute approximate surface area is 234 Å². The summed E-state index contributed by atoms with van der Waals surface area (Å²) in [4.78, 5) is 18.0. The third kappa shape index (κ3) is 4.14. The monoisotopic (exact) mass is 548 g/mol. The molecule has 0 aromatic heterocycles. The molecule has 5 rings (SSSR count). The van der Waals surface area contributed by atoms with Crippen LogP contribution >= 0.6 is 0 Å². The third-order valence-electron chi connectivity index (χ3n) is 8.98. The summed E-state index contributed by atoms with van der Waals surface area (Å²) in [5.41, 5.74) is 0.491. The van der Waals surface area contributed by atoms with E-state index in [1.54, 1.807) is 12.1 Å². The number of rotatable bonds is 6. The van der Waals surface area contributed by atoms with Crippen molar-refractivity contribution >= 4 is 17.5 Å². The van der Waals surface area contributed by atoms with Crippen LogP contribution in [0.4, 0.5) is 18.9 Å². The molecule has 0 aliphatic carbocycles. The largest absolute Gasteiger partial charge is 0.463 e. The Morgan fingerprint density at radius 2 is 1.70 bits per heavy atom. The lowest BCUT2D eigenvalue weighted by Crippen LogP contribution is -2.58. The molecule has 0 amide bonds. The van der Waals surface area contributed by atoms with E-state index in [0.717, 1.165) is 17.2 Å². The molecule has 0 bridgehead atoms. The van der Waals surface area contributed by atoms with Gasteiger partial charge in [0, 0.05) is 23.9 Å². The lowest BCUT2D eigenvalue weighted by atomic mass is 9.75. The van der Waals surface area contributed by atoms with Crippen LogP contribution in [-0.4, -0.2) is 43.1 Å². The normalized spacial score (nSPS) is 20.7. The first-order valence-corrected chi connectivity index (χ1v) is 13.5. The highest BCUT2D eigenvalue weighted by atomic mass is 19.4. The van der Waals surface area contributed by atoms with Crippen molar-refractivity contribution in [3.63, 3.8) is 0 Å². The number of carbonyl (C=O) groups is 1. The van der Waals surface area contributed by atoms with Gasteiger partial charge in [0.15, 0.2) is 5.78 Å². The molecule has 0 fully saturated rings. The fraction of sp³-hybridized carbons (Fsp3) is 0.364. The van der Waals surface area contributed by atoms with Crippen LogP contribution in [-0.2, 0) is 18.0 Å². The molecular formula is C33H35F3N2O2. The molecule has 0 N–H and O–H groups in total. The van der Waals surface area contributed by atoms with Crippen molar-refractivity contribution in [2.24, 2.45) is 0 Å². The molecule has 3 aromatic carbocycles. The zero-order valence-corrected chi connectivity index (χ0v) is 23.8. The van der Waals surface area contributed by atoms with Gasteiger partial charge in [-0.3, -0.25) is 9.69 Å². The maximum atomic E-state index is 14.1. The van der Waals surface area contributed by atoms with Gasteiger partial charge in [-0.2, -0.15) is 13.2 Å². The Morgan fingerprint density at radius 1 is 1.00 bits per heavy atom. The molecule has 4 nitrogen and oxygen atoms in total. The number of Topliss-reactive ketones (excluding diaryl/α,β-unsaturated/α-hetero) is 1. The number of hydrogen-bond acceptors (Lipinski definition) is 4. The molecule has 2 unspecified atom stereocenters. The van der Waals surface area contributed by atoms with Crippen LogP contribution in [0.1, 0.15) is 59.8 Å². The number of alkyl halides is 3. The minimum absolute atomic E-state index is 0.0331. The SMILES string of the molecule is CCC(Cc1ccccc1)(C(=O)c1ccc2c(c1)C=CC1(O2)N(C)c2ccc(C(F)(F)F)cc2C1(C)C)N(C)C. The summed E-state index contributed by atoms with van der Waals surface area (Å²) in [5.74, 6) is 0.614. The zero-order chi connectivity index (χ0) is 29.1. The summed E-state index contributed by atoms with van der Waals surface area (Å²) >= 11 is 0. The standard InChI is InChI=1S/C33H35F3N2O2/c1-7-31(37(4)5,21-22-11-9-8-10-12-22)29(39)24-13-16-28-23(19-24)17-18-32(40-28)30(2,3)26-20-25(33(34,35)36)14-15-27(26)38(32)6/h8-20H,7,21H2,1-6H3. The number of halogens is 3. The number of ketones is 1. The Balaban J connectivity index is 1.50. The van der Waals surface area contributed by atoms with Crippen molar-refractivity contribution in [3.8, 4) is 5.75 Å². The zero-order valence-electron chi connectivity index (χ0n) is 23.8. The number of carbonyl (C=O) groups excluding carboxylic acids is 1. The van der Waals surface area contributed by atoms with Gasteiger partial charge in [-0.25, -0.2) is 0 Å². The van der Waals surface area contributed by atoms with E-state index in [9.17, 15) is 18.0 Å². The van der Waals surface area contributed by atoms with Gasteiger partial charge in [0.1, 0.15) is 5.75 Å². The van der Waals surface area contributed by atoms with Crippen LogP contribution in [0.3, 0.4) is 0 Å². The topological polar surface area (TPSA) is 32.8 Å². The number of benzene rings is 3. The van der Waals surface area contributed by atoms with Gasteiger partial charge in [-0.15, -0.1) is 0 Å². The number of likely N-dealkylation sites (N-methyl/N-ethyl adjacent to an activating group) is 2. The molecule has 7 heteroatoms. The number of ether oxygens (including phenoxy) is 1. The van der Waals surface area contributed by atoms with E-state index in [2.05, 4.69) is 0 Å². The first kappa shape index (κ1) is 28.0. The highest BCUT2D eigenvalue weighted by Crippen LogP contribution is 2.55. The van der Waals surface area contributed by atoms with Gasteiger partial charge in [0.25, 0.3) is 0 Å². The molecular weight excluding hydrogens is 513 g/mol. The van der Waals surface area contributed by atoms with E-state index in [1.165, 1.54) is 12.1 Å². The molecule has 0 saturated carbocycles. The predicted octanol–water partition coefficient (Wildman–Crippen LogP) is 7.37. The summed E-state index contributed by atoms with van der Waals surface area (Å²) in [6.45, 7) is 5.84. The number of hydrogen-bond donors (Lipinski definition) is 0. The van der Waals surface area contributed by atoms with Crippen molar-refractivity contribution in [2.45, 2.75) is 56.5 Å². The molecule has 0 saturated heterocycles. The van der Waals surface area contributed by atoms with Crippen molar-refractivity contribution in [3.05, 3.63) is 101 Å². The Hall–Kier alpha value is -3.58. The predicted molar refractivity (Wildman–Crippen MR) is 153 cm³/mol. The molecule has 40 heavy (non-hydrogen) atoms. The van der Waals surface area contributed by atoms with Crippen LogP contribution in [0.5, 0.6) is 5.75 Å². The molecule has 2 aliphatic rings. The first-order valence-electron chi connectivity index (χ1n) is 13.5. The average Bonchev–Trinajstić information content (AvgIpc) is 3.08. The van der Waals surface area contributed by atoms with E-state index < -0.39 is 28.4 Å². The Morgan fingerprint density at radius 3 is 2.33 bits per heavy atom. The maximum Gasteiger partial charge on any atom is 0.416 e. The van der Waals surface area contributed by atoms with Gasteiger partial charge in [0.2, 0.25) is 5.72 Å². The van der Waals surface area contributed by atoms with Crippen molar-refractivity contribution in [1.82, 2.24) is 4.90 Å². The maximum absolute atomic E-state index is 14.1. The van der Waals surface area contributed by atoms with E-state index in [1.807, 2.05) is 100 Å². The van der Waals surface area contributed by atoms with E-state index in [0.29, 0.717) is 35.4 Å². The second-order valence-electron chi connectivity index (χ2n) is 11.6. The number of anilines is 1. The molecule has 2 atom stereocenters. The summed E-state index contributed by atoms with van der Waals surface area (Å²) in [5, 5.41) is 0. The van der Waals surface area contributed by atoms with Crippen LogP contribution < -0.4 is 9.64 Å². The molecule has 3 aromatic rings. The lowest BCUT2D eigenvalue weighted by Gasteiger charge is -2.46. The summed E-state index contributed by atoms with van der Waals surface area (Å²) in [6.07, 6.45) is 0.612. The smallest absolute Gasteiger partial charge is 0.416 e. The summed E-state index contributed by atoms with van der Waals surface area (Å²) in [6, 6.07) is 19.3. The summed E-state index contributed by atoms with van der Waals surface area (Å²) < 4.78 is 47.2. The van der Waals surface area contributed by atoms with Crippen LogP contribution in [0.15, 0.2) is 72.8 Å². The van der Waals surface area contributed by atoms with Gasteiger partial charge in [-0.1, -0.05) is 37.3 Å². The van der Waals surface area contributed by atoms with E-state index in [4.69, 9.17) is 4.74 Å². The second kappa shape index (κ2) is 9.51. The van der Waals surface area contributed by atoms with Gasteiger partial charge >= 0.3 is 6.18 Å². The first-order chi connectivity index (χ1) is 18.8. The molecule has 2 aliphatic heterocycles. The van der Waals surface area contributed by atoms with Crippen LogP contribution in [0.25, 0.3) is 6.08 Å². The van der Waals surface area contributed by atoms with Crippen molar-refractivity contribution in [1.29, 1.82) is 0 Å². The van der Waals surface area contributed by atoms with E-state index in [-0.39, 0.29) is 5.78 Å². The highest BCUT2D eigenvalue weighted by Gasteiger charge is 2.58. The Bertz CT molecular complexity index is 1480. The molecule has 210 valence electrons. The molecule has 0 radical (unpaired) electrons. The third-order valence-corrected chi connectivity index (χ3v) is 8.98. The molecule has 2 heterocycles. The van der Waals surface area contributed by atoms with Crippen molar-refractivity contribution < 1.29 is 22.7 Å². The van der Waals surface area contributed by atoms with Crippen molar-refractivity contribution in [2.75, 3.05) is 26.0 Å². The summed E-state index contributed by atoms with van der Waals surface area (Å²) in [7, 11) is 5.72. The van der Waals surface area contributed by atoms with Gasteiger partial charge < -0.3 is 9.64 Å².